The Morgan fingerprint density at radius 3 is 2.20 bits per heavy atom. The lowest BCUT2D eigenvalue weighted by Gasteiger charge is -1.87. The third-order valence-corrected chi connectivity index (χ3v) is 0.145. The molecular weight excluding hydrogens is 75.0 g/mol. The van der Waals surface area contributed by atoms with E-state index in [9.17, 15) is 4.39 Å². The first-order valence-electron chi connectivity index (χ1n) is 1.21. The van der Waals surface area contributed by atoms with Crippen LogP contribution in [-0.2, 0) is 4.89 Å². The Hall–Kier alpha value is -0.150. The lowest BCUT2D eigenvalue weighted by molar-refractivity contribution is -0.306. The Morgan fingerprint density at radius 1 is 2.00 bits per heavy atom. The minimum Gasteiger partial charge on any atom is -0.249 e. The van der Waals surface area contributed by atoms with Crippen molar-refractivity contribution in [2.45, 2.75) is 13.3 Å². The fourth-order valence-electron chi connectivity index (χ4n) is 0. The highest BCUT2D eigenvalue weighted by Gasteiger charge is 1.87. The molecule has 0 bridgehead atoms. The van der Waals surface area contributed by atoms with Gasteiger partial charge in [-0.15, -0.1) is 0 Å². The summed E-state index contributed by atoms with van der Waals surface area (Å²) in [6.07, 6.45) is -1.56. The fourth-order valence-corrected chi connectivity index (χ4v) is 0. The van der Waals surface area contributed by atoms with Gasteiger partial charge >= 0.3 is 0 Å². The number of rotatable bonds is 1. The zero-order valence-corrected chi connectivity index (χ0v) is 2.81. The van der Waals surface area contributed by atoms with E-state index < -0.39 is 6.36 Å². The number of alkyl halides is 1. The second kappa shape index (κ2) is 2.11. The van der Waals surface area contributed by atoms with Crippen LogP contribution in [0.3, 0.4) is 0 Å². The van der Waals surface area contributed by atoms with Crippen LogP contribution in [0.5, 0.6) is 0 Å². The zero-order chi connectivity index (χ0) is 4.28. The van der Waals surface area contributed by atoms with Gasteiger partial charge in [0.1, 0.15) is 0 Å². The molecule has 0 aromatic carbocycles. The van der Waals surface area contributed by atoms with Gasteiger partial charge in [0.2, 0.25) is 6.36 Å². The van der Waals surface area contributed by atoms with Crippen molar-refractivity contribution in [3.8, 4) is 0 Å². The number of hydrogen-bond acceptors (Lipinski definition) is 2. The smallest absolute Gasteiger partial charge is 0.228 e. The molecule has 1 unspecified atom stereocenters. The molecule has 0 heterocycles. The van der Waals surface area contributed by atoms with Crippen LogP contribution in [0.4, 0.5) is 4.39 Å². The molecule has 0 aliphatic carbocycles. The monoisotopic (exact) mass is 80.0 g/mol. The van der Waals surface area contributed by atoms with Crippen LogP contribution in [0.15, 0.2) is 0 Å². The summed E-state index contributed by atoms with van der Waals surface area (Å²) in [5.41, 5.74) is 0. The first-order valence-corrected chi connectivity index (χ1v) is 1.21. The first-order chi connectivity index (χ1) is 2.27. The van der Waals surface area contributed by atoms with Crippen LogP contribution in [0.1, 0.15) is 6.92 Å². The molecule has 0 fully saturated rings. The lowest BCUT2D eigenvalue weighted by atomic mass is 10.8. The summed E-state index contributed by atoms with van der Waals surface area (Å²) in [5.74, 6) is 0. The molecule has 0 aliphatic heterocycles. The van der Waals surface area contributed by atoms with Crippen LogP contribution in [-0.4, -0.2) is 11.6 Å². The standard InChI is InChI=1S/C2H5FO2/c1-2(3)5-4/h2,4H,1H3. The molecule has 0 spiro atoms. The fraction of sp³-hybridized carbons (Fsp3) is 1.00. The van der Waals surface area contributed by atoms with E-state index in [1.54, 1.807) is 0 Å². The predicted molar refractivity (Wildman–Crippen MR) is 14.3 cm³/mol. The highest BCUT2D eigenvalue weighted by atomic mass is 19.1. The number of halogens is 1. The molecule has 0 aromatic rings. The Bertz CT molecular complexity index is 21.6. The van der Waals surface area contributed by atoms with E-state index in [-0.39, 0.29) is 0 Å². The van der Waals surface area contributed by atoms with Gasteiger partial charge in [-0.2, -0.15) is 0 Å². The lowest BCUT2D eigenvalue weighted by Crippen LogP contribution is -1.92. The predicted octanol–water partition coefficient (Wildman–Crippen LogP) is 0.791. The van der Waals surface area contributed by atoms with E-state index in [4.69, 9.17) is 5.26 Å². The molecule has 0 rings (SSSR count). The van der Waals surface area contributed by atoms with Crippen molar-refractivity contribution in [3.63, 3.8) is 0 Å². The zero-order valence-electron chi connectivity index (χ0n) is 2.81. The van der Waals surface area contributed by atoms with Crippen molar-refractivity contribution in [1.82, 2.24) is 0 Å². The van der Waals surface area contributed by atoms with Gasteiger partial charge in [0.25, 0.3) is 0 Å². The maximum Gasteiger partial charge on any atom is 0.228 e. The van der Waals surface area contributed by atoms with Gasteiger partial charge in [0.15, 0.2) is 0 Å². The third kappa shape index (κ3) is 3.85. The van der Waals surface area contributed by atoms with Crippen LogP contribution in [0, 0.1) is 0 Å². The summed E-state index contributed by atoms with van der Waals surface area (Å²) in [4.78, 5) is 3.08. The van der Waals surface area contributed by atoms with Crippen LogP contribution >= 0.6 is 0 Å². The Kier molecular flexibility index (Phi) is 2.05. The van der Waals surface area contributed by atoms with Gasteiger partial charge in [0.05, 0.1) is 0 Å². The van der Waals surface area contributed by atoms with E-state index >= 15 is 0 Å². The summed E-state index contributed by atoms with van der Waals surface area (Å²) in [5, 5.41) is 7.27. The van der Waals surface area contributed by atoms with E-state index in [1.165, 1.54) is 0 Å². The van der Waals surface area contributed by atoms with E-state index in [2.05, 4.69) is 4.89 Å². The summed E-state index contributed by atoms with van der Waals surface area (Å²) in [6.45, 7) is 1.08. The van der Waals surface area contributed by atoms with Crippen LogP contribution in [0.25, 0.3) is 0 Å². The van der Waals surface area contributed by atoms with Gasteiger partial charge in [-0.3, -0.25) is 0 Å². The summed E-state index contributed by atoms with van der Waals surface area (Å²) < 4.78 is 11.0. The highest BCUT2D eigenvalue weighted by Crippen LogP contribution is 1.82. The summed E-state index contributed by atoms with van der Waals surface area (Å²) in [6, 6.07) is 0. The molecule has 32 valence electrons. The molecule has 0 saturated carbocycles. The van der Waals surface area contributed by atoms with Gasteiger partial charge in [-0.25, -0.2) is 14.5 Å². The SMILES string of the molecule is CC(F)OO. The van der Waals surface area contributed by atoms with Crippen molar-refractivity contribution < 1.29 is 14.5 Å². The van der Waals surface area contributed by atoms with Crippen molar-refractivity contribution in [1.29, 1.82) is 0 Å². The second-order valence-corrected chi connectivity index (χ2v) is 0.648. The summed E-state index contributed by atoms with van der Waals surface area (Å²) in [7, 11) is 0. The van der Waals surface area contributed by atoms with Crippen molar-refractivity contribution >= 4 is 0 Å². The molecular formula is C2H5FO2. The average Bonchev–Trinajstić information content (AvgIpc) is 1.38. The Balaban J connectivity index is 2.54. The molecule has 0 aromatic heterocycles. The van der Waals surface area contributed by atoms with Gasteiger partial charge in [-0.1, -0.05) is 0 Å². The maximum atomic E-state index is 11.0. The molecule has 0 radical (unpaired) electrons. The van der Waals surface area contributed by atoms with Gasteiger partial charge in [0, 0.05) is 0 Å². The quantitative estimate of drug-likeness (QED) is 0.372. The van der Waals surface area contributed by atoms with Gasteiger partial charge in [-0.05, 0) is 6.92 Å². The maximum absolute atomic E-state index is 11.0. The molecule has 3 heteroatoms. The van der Waals surface area contributed by atoms with E-state index in [0.29, 0.717) is 0 Å². The third-order valence-electron chi connectivity index (χ3n) is 0.145. The van der Waals surface area contributed by atoms with Crippen LogP contribution < -0.4 is 0 Å². The number of hydrogen-bond donors (Lipinski definition) is 1. The molecule has 1 atom stereocenters. The van der Waals surface area contributed by atoms with Crippen molar-refractivity contribution in [3.05, 3.63) is 0 Å². The molecule has 0 aliphatic rings. The molecule has 5 heavy (non-hydrogen) atoms. The minimum atomic E-state index is -1.56. The Labute approximate surface area is 29.1 Å². The molecule has 2 nitrogen and oxygen atoms in total. The normalized spacial score (nSPS) is 15.0. The molecule has 0 amide bonds. The largest absolute Gasteiger partial charge is 0.249 e. The van der Waals surface area contributed by atoms with E-state index in [1.807, 2.05) is 0 Å². The van der Waals surface area contributed by atoms with Gasteiger partial charge < -0.3 is 0 Å². The first kappa shape index (κ1) is 4.85. The van der Waals surface area contributed by atoms with Crippen molar-refractivity contribution in [2.24, 2.45) is 0 Å². The minimum absolute atomic E-state index is 1.08. The topological polar surface area (TPSA) is 29.5 Å². The van der Waals surface area contributed by atoms with Crippen molar-refractivity contribution in [2.75, 3.05) is 0 Å². The van der Waals surface area contributed by atoms with Crippen LogP contribution in [0.2, 0.25) is 0 Å². The highest BCUT2D eigenvalue weighted by molar-refractivity contribution is 4.08. The average molecular weight is 80.1 g/mol. The molecule has 0 saturated heterocycles. The molecule has 1 N–H and O–H groups in total. The van der Waals surface area contributed by atoms with E-state index in [0.717, 1.165) is 6.92 Å². The second-order valence-electron chi connectivity index (χ2n) is 0.648. The summed E-state index contributed by atoms with van der Waals surface area (Å²) >= 11 is 0. The Morgan fingerprint density at radius 2 is 2.20 bits per heavy atom.